The SMILES string of the molecule is CCOC(=O)C1=C(CN2CC(COCC(=O)O)C(F)(F)C2)NC(c2nccs2)=N[C@H]1c1ccc(F)cc1Cl. The molecule has 14 heteroatoms. The van der Waals surface area contributed by atoms with Crippen molar-refractivity contribution in [1.29, 1.82) is 0 Å². The van der Waals surface area contributed by atoms with E-state index in [1.54, 1.807) is 18.5 Å². The molecule has 2 aliphatic heterocycles. The number of halogens is 4. The Labute approximate surface area is 224 Å². The number of hydrogen-bond acceptors (Lipinski definition) is 9. The fourth-order valence-electron chi connectivity index (χ4n) is 4.31. The summed E-state index contributed by atoms with van der Waals surface area (Å²) in [6.45, 7) is -0.305. The van der Waals surface area contributed by atoms with Crippen molar-refractivity contribution in [3.8, 4) is 0 Å². The maximum Gasteiger partial charge on any atom is 0.338 e. The topological polar surface area (TPSA) is 113 Å². The molecule has 4 rings (SSSR count). The normalized spacial score (nSPS) is 21.2. The molecular weight excluding hydrogens is 549 g/mol. The Balaban J connectivity index is 1.70. The second kappa shape index (κ2) is 11.8. The van der Waals surface area contributed by atoms with E-state index in [0.29, 0.717) is 16.4 Å². The van der Waals surface area contributed by atoms with E-state index < -0.39 is 55.4 Å². The van der Waals surface area contributed by atoms with Crippen LogP contribution in [0.3, 0.4) is 0 Å². The number of aromatic nitrogens is 1. The highest BCUT2D eigenvalue weighted by atomic mass is 35.5. The van der Waals surface area contributed by atoms with Crippen molar-refractivity contribution in [3.05, 3.63) is 62.5 Å². The smallest absolute Gasteiger partial charge is 0.338 e. The van der Waals surface area contributed by atoms with Crippen molar-refractivity contribution in [3.63, 3.8) is 0 Å². The Bertz CT molecular complexity index is 1260. The molecule has 3 heterocycles. The Morgan fingerprint density at radius 2 is 2.16 bits per heavy atom. The largest absolute Gasteiger partial charge is 0.480 e. The standard InChI is InChI=1S/C24H24ClF3N4O5S/c1-2-37-23(35)19-17(9-32-8-13(24(27,28)12-32)10-36-11-18(33)34)30-21(22-29-5-6-38-22)31-20(19)15-4-3-14(26)7-16(15)25/h3-7,13,20H,2,8-12H2,1H3,(H,30,31)(H,33,34)/t13?,20-/m0/s1. The molecule has 0 saturated carbocycles. The van der Waals surface area contributed by atoms with Gasteiger partial charge in [0.1, 0.15) is 18.5 Å². The monoisotopic (exact) mass is 572 g/mol. The number of carboxylic acids is 1. The van der Waals surface area contributed by atoms with Gasteiger partial charge in [0.05, 0.1) is 31.2 Å². The van der Waals surface area contributed by atoms with E-state index in [-0.39, 0.29) is 36.0 Å². The third kappa shape index (κ3) is 6.34. The van der Waals surface area contributed by atoms with Crippen LogP contribution in [0.4, 0.5) is 13.2 Å². The lowest BCUT2D eigenvalue weighted by Crippen LogP contribution is -2.39. The summed E-state index contributed by atoms with van der Waals surface area (Å²) < 4.78 is 53.5. The minimum atomic E-state index is -3.15. The van der Waals surface area contributed by atoms with E-state index in [9.17, 15) is 22.8 Å². The van der Waals surface area contributed by atoms with Gasteiger partial charge in [-0.3, -0.25) is 9.89 Å². The summed E-state index contributed by atoms with van der Waals surface area (Å²) in [4.78, 5) is 34.2. The van der Waals surface area contributed by atoms with Gasteiger partial charge in [0, 0.05) is 40.9 Å². The van der Waals surface area contributed by atoms with Gasteiger partial charge >= 0.3 is 11.9 Å². The number of ether oxygens (including phenoxy) is 2. The van der Waals surface area contributed by atoms with Gasteiger partial charge in [-0.05, 0) is 19.1 Å². The highest BCUT2D eigenvalue weighted by Gasteiger charge is 2.48. The number of nitrogens with one attached hydrogen (secondary N) is 1. The molecule has 0 amide bonds. The molecule has 1 aromatic heterocycles. The number of rotatable bonds is 10. The minimum Gasteiger partial charge on any atom is -0.480 e. The molecule has 2 atom stereocenters. The number of aliphatic imine (C=N–C) groups is 1. The first kappa shape index (κ1) is 28.0. The van der Waals surface area contributed by atoms with E-state index in [0.717, 1.165) is 6.07 Å². The molecule has 2 N–H and O–H groups in total. The number of carbonyl (C=O) groups is 2. The van der Waals surface area contributed by atoms with Crippen molar-refractivity contribution in [1.82, 2.24) is 15.2 Å². The zero-order chi connectivity index (χ0) is 27.4. The summed E-state index contributed by atoms with van der Waals surface area (Å²) in [5.41, 5.74) is 0.641. The molecule has 1 fully saturated rings. The lowest BCUT2D eigenvalue weighted by molar-refractivity contribution is -0.144. The fourth-order valence-corrected chi connectivity index (χ4v) is 5.17. The summed E-state index contributed by atoms with van der Waals surface area (Å²) in [6.07, 6.45) is 1.57. The van der Waals surface area contributed by atoms with Gasteiger partial charge in [0.25, 0.3) is 5.92 Å². The van der Waals surface area contributed by atoms with Crippen LogP contribution in [-0.4, -0.2) is 78.1 Å². The van der Waals surface area contributed by atoms with Gasteiger partial charge in [0.15, 0.2) is 10.8 Å². The maximum atomic E-state index is 14.8. The number of thiazole rings is 1. The Hall–Kier alpha value is -3.00. The van der Waals surface area contributed by atoms with Gasteiger partial charge in [0.2, 0.25) is 0 Å². The fraction of sp³-hybridized carbons (Fsp3) is 0.417. The summed E-state index contributed by atoms with van der Waals surface area (Å²) >= 11 is 7.62. The predicted octanol–water partition coefficient (Wildman–Crippen LogP) is 3.51. The van der Waals surface area contributed by atoms with Crippen LogP contribution in [0.25, 0.3) is 0 Å². The molecule has 2 aromatic rings. The van der Waals surface area contributed by atoms with Gasteiger partial charge in [-0.1, -0.05) is 17.7 Å². The Morgan fingerprint density at radius 1 is 1.37 bits per heavy atom. The first-order chi connectivity index (χ1) is 18.1. The first-order valence-electron chi connectivity index (χ1n) is 11.6. The van der Waals surface area contributed by atoms with Gasteiger partial charge in [-0.15, -0.1) is 11.3 Å². The van der Waals surface area contributed by atoms with E-state index in [2.05, 4.69) is 15.3 Å². The van der Waals surface area contributed by atoms with Crippen LogP contribution in [0.1, 0.15) is 23.5 Å². The summed E-state index contributed by atoms with van der Waals surface area (Å²) in [5.74, 6) is -6.65. The number of esters is 1. The molecule has 1 aromatic carbocycles. The number of carbonyl (C=O) groups excluding carboxylic acids is 1. The molecule has 1 saturated heterocycles. The number of amidine groups is 1. The van der Waals surface area contributed by atoms with Gasteiger partial charge in [-0.25, -0.2) is 27.7 Å². The predicted molar refractivity (Wildman–Crippen MR) is 133 cm³/mol. The van der Waals surface area contributed by atoms with Crippen molar-refractivity contribution < 1.29 is 37.3 Å². The molecular formula is C24H24ClF3N4O5S. The highest BCUT2D eigenvalue weighted by Crippen LogP contribution is 2.38. The van der Waals surface area contributed by atoms with Crippen LogP contribution in [0.2, 0.25) is 5.02 Å². The molecule has 2 aliphatic rings. The molecule has 9 nitrogen and oxygen atoms in total. The quantitative estimate of drug-likeness (QED) is 0.416. The molecule has 0 bridgehead atoms. The summed E-state index contributed by atoms with van der Waals surface area (Å²) in [5, 5.41) is 14.1. The number of carboxylic acid groups (broad SMARTS) is 1. The molecule has 204 valence electrons. The van der Waals surface area contributed by atoms with Crippen LogP contribution in [-0.2, 0) is 19.1 Å². The van der Waals surface area contributed by atoms with Gasteiger partial charge < -0.3 is 19.9 Å². The van der Waals surface area contributed by atoms with Crippen LogP contribution in [0.15, 0.2) is 46.0 Å². The molecule has 0 aliphatic carbocycles. The van der Waals surface area contributed by atoms with Gasteiger partial charge in [-0.2, -0.15) is 0 Å². The average Bonchev–Trinajstić information content (AvgIpc) is 3.46. The molecule has 38 heavy (non-hydrogen) atoms. The molecule has 0 spiro atoms. The average molecular weight is 573 g/mol. The first-order valence-corrected chi connectivity index (χ1v) is 12.8. The van der Waals surface area contributed by atoms with E-state index in [1.807, 2.05) is 0 Å². The number of aliphatic carboxylic acids is 1. The summed E-state index contributed by atoms with van der Waals surface area (Å²) in [7, 11) is 0. The van der Waals surface area contributed by atoms with Crippen molar-refractivity contribution in [2.45, 2.75) is 18.9 Å². The number of benzene rings is 1. The zero-order valence-corrected chi connectivity index (χ0v) is 21.7. The Kier molecular flexibility index (Phi) is 8.71. The third-order valence-corrected chi connectivity index (χ3v) is 7.06. The zero-order valence-electron chi connectivity index (χ0n) is 20.1. The number of alkyl halides is 2. The maximum absolute atomic E-state index is 14.8. The number of nitrogens with zero attached hydrogens (tertiary/aromatic N) is 3. The number of likely N-dealkylation sites (tertiary alicyclic amines) is 1. The highest BCUT2D eigenvalue weighted by molar-refractivity contribution is 7.11. The third-order valence-electron chi connectivity index (χ3n) is 5.95. The van der Waals surface area contributed by atoms with E-state index in [1.165, 1.54) is 28.4 Å². The Morgan fingerprint density at radius 3 is 2.82 bits per heavy atom. The van der Waals surface area contributed by atoms with Crippen molar-refractivity contribution >= 4 is 40.7 Å². The second-order valence-corrected chi connectivity index (χ2v) is 9.96. The summed E-state index contributed by atoms with van der Waals surface area (Å²) in [6, 6.07) is 2.68. The van der Waals surface area contributed by atoms with E-state index >= 15 is 0 Å². The van der Waals surface area contributed by atoms with Crippen LogP contribution in [0.5, 0.6) is 0 Å². The minimum absolute atomic E-state index is 0.0311. The molecule has 1 unspecified atom stereocenters. The van der Waals surface area contributed by atoms with Crippen molar-refractivity contribution in [2.75, 3.05) is 39.5 Å². The second-order valence-electron chi connectivity index (χ2n) is 8.66. The number of hydrogen-bond donors (Lipinski definition) is 2. The lowest BCUT2D eigenvalue weighted by Gasteiger charge is -2.29. The van der Waals surface area contributed by atoms with E-state index in [4.69, 9.17) is 26.2 Å². The lowest BCUT2D eigenvalue weighted by atomic mass is 9.95. The van der Waals surface area contributed by atoms with Crippen LogP contribution >= 0.6 is 22.9 Å². The van der Waals surface area contributed by atoms with Crippen molar-refractivity contribution in [2.24, 2.45) is 10.9 Å². The molecule has 0 radical (unpaired) electrons. The van der Waals surface area contributed by atoms with Crippen LogP contribution in [0, 0.1) is 11.7 Å². The van der Waals surface area contributed by atoms with Crippen LogP contribution < -0.4 is 5.32 Å².